The van der Waals surface area contributed by atoms with Gasteiger partial charge in [-0.15, -0.1) is 0 Å². The van der Waals surface area contributed by atoms with Gasteiger partial charge in [-0.1, -0.05) is 42.5 Å². The number of esters is 1. The molecule has 3 aliphatic heterocycles. The van der Waals surface area contributed by atoms with Crippen molar-refractivity contribution < 1.29 is 23.8 Å². The molecule has 0 saturated carbocycles. The highest BCUT2D eigenvalue weighted by molar-refractivity contribution is 6.36. The molecule has 0 aliphatic carbocycles. The minimum atomic E-state index is -0.477. The Kier molecular flexibility index (Phi) is 5.44. The summed E-state index contributed by atoms with van der Waals surface area (Å²) in [4.78, 5) is 27.4. The zero-order valence-electron chi connectivity index (χ0n) is 17.1. The van der Waals surface area contributed by atoms with Gasteiger partial charge in [0.2, 0.25) is 0 Å². The maximum atomic E-state index is 12.7. The lowest BCUT2D eigenvalue weighted by molar-refractivity contribution is -0.146. The average molecular weight is 420 g/mol. The Balaban J connectivity index is 1.31. The number of morpholine rings is 1. The molecule has 31 heavy (non-hydrogen) atoms. The van der Waals surface area contributed by atoms with E-state index < -0.39 is 6.10 Å². The molecule has 1 saturated heterocycles. The van der Waals surface area contributed by atoms with Gasteiger partial charge in [0.05, 0.1) is 25.2 Å². The van der Waals surface area contributed by atoms with Crippen molar-refractivity contribution >= 4 is 28.9 Å². The standard InChI is InChI=1S/C24H24N2O5/c27-21(30-14-11-26-9-12-29-13-10-26)15-20-16-5-1-2-6-17(16)23(31-20)22-18-7-3-4-8-19(18)25-24(22)28/h1-8,20H,9-15H2,(H,25,28). The van der Waals surface area contributed by atoms with Crippen LogP contribution in [-0.4, -0.2) is 56.2 Å². The van der Waals surface area contributed by atoms with Gasteiger partial charge in [-0.25, -0.2) is 0 Å². The number of carbonyl (C=O) groups excluding carboxylic acids is 2. The largest absolute Gasteiger partial charge is 0.484 e. The van der Waals surface area contributed by atoms with Crippen molar-refractivity contribution in [2.24, 2.45) is 0 Å². The van der Waals surface area contributed by atoms with Gasteiger partial charge in [-0.2, -0.15) is 0 Å². The van der Waals surface area contributed by atoms with Crippen molar-refractivity contribution in [3.05, 3.63) is 65.2 Å². The van der Waals surface area contributed by atoms with E-state index in [0.29, 0.717) is 24.5 Å². The minimum absolute atomic E-state index is 0.0974. The molecule has 1 unspecified atom stereocenters. The Labute approximate surface area is 180 Å². The Morgan fingerprint density at radius 2 is 1.81 bits per heavy atom. The molecule has 1 fully saturated rings. The van der Waals surface area contributed by atoms with Gasteiger partial charge < -0.3 is 19.5 Å². The summed E-state index contributed by atoms with van der Waals surface area (Å²) in [6.07, 6.45) is -0.379. The van der Waals surface area contributed by atoms with Crippen LogP contribution in [0.1, 0.15) is 29.2 Å². The maximum Gasteiger partial charge on any atom is 0.309 e. The van der Waals surface area contributed by atoms with Crippen molar-refractivity contribution in [3.8, 4) is 0 Å². The topological polar surface area (TPSA) is 77.1 Å². The monoisotopic (exact) mass is 420 g/mol. The molecule has 2 aromatic carbocycles. The molecule has 0 aromatic heterocycles. The van der Waals surface area contributed by atoms with Crippen LogP contribution in [0.5, 0.6) is 0 Å². The second kappa shape index (κ2) is 8.53. The number of hydrogen-bond donors (Lipinski definition) is 1. The van der Waals surface area contributed by atoms with Gasteiger partial charge in [-0.3, -0.25) is 14.5 Å². The van der Waals surface area contributed by atoms with E-state index in [9.17, 15) is 9.59 Å². The lowest BCUT2D eigenvalue weighted by Gasteiger charge is -2.26. The maximum absolute atomic E-state index is 12.7. The van der Waals surface area contributed by atoms with Gasteiger partial charge in [0.15, 0.2) is 0 Å². The Morgan fingerprint density at radius 3 is 2.65 bits per heavy atom. The first-order valence-corrected chi connectivity index (χ1v) is 10.6. The lowest BCUT2D eigenvalue weighted by atomic mass is 9.98. The zero-order valence-corrected chi connectivity index (χ0v) is 17.1. The van der Waals surface area contributed by atoms with E-state index in [1.54, 1.807) is 0 Å². The molecule has 0 radical (unpaired) electrons. The molecule has 1 amide bonds. The third-order valence-electron chi connectivity index (χ3n) is 5.84. The van der Waals surface area contributed by atoms with Crippen LogP contribution in [0.3, 0.4) is 0 Å². The van der Waals surface area contributed by atoms with Crippen molar-refractivity contribution in [1.29, 1.82) is 0 Å². The number of nitrogens with zero attached hydrogens (tertiary/aromatic N) is 1. The van der Waals surface area contributed by atoms with Crippen LogP contribution < -0.4 is 5.32 Å². The van der Waals surface area contributed by atoms with E-state index in [1.807, 2.05) is 48.5 Å². The van der Waals surface area contributed by atoms with Crippen molar-refractivity contribution in [2.45, 2.75) is 12.5 Å². The molecule has 0 bridgehead atoms. The number of amides is 1. The first-order valence-electron chi connectivity index (χ1n) is 10.6. The van der Waals surface area contributed by atoms with Gasteiger partial charge in [0.1, 0.15) is 18.5 Å². The number of hydrogen-bond acceptors (Lipinski definition) is 6. The van der Waals surface area contributed by atoms with E-state index in [0.717, 1.165) is 48.7 Å². The van der Waals surface area contributed by atoms with Crippen molar-refractivity contribution in [1.82, 2.24) is 4.90 Å². The van der Waals surface area contributed by atoms with E-state index in [4.69, 9.17) is 14.2 Å². The summed E-state index contributed by atoms with van der Waals surface area (Å²) in [5, 5.41) is 2.89. The average Bonchev–Trinajstić information content (AvgIpc) is 3.31. The van der Waals surface area contributed by atoms with Crippen molar-refractivity contribution in [3.63, 3.8) is 0 Å². The summed E-state index contributed by atoms with van der Waals surface area (Å²) in [7, 11) is 0. The molecule has 7 heteroatoms. The summed E-state index contributed by atoms with van der Waals surface area (Å²) in [5.74, 6) is 0.0134. The van der Waals surface area contributed by atoms with Gasteiger partial charge in [0.25, 0.3) is 5.91 Å². The quantitative estimate of drug-likeness (QED) is 0.592. The fraction of sp³-hybridized carbons (Fsp3) is 0.333. The van der Waals surface area contributed by atoms with Crippen LogP contribution in [-0.2, 0) is 23.8 Å². The highest BCUT2D eigenvalue weighted by Crippen LogP contribution is 2.46. The van der Waals surface area contributed by atoms with E-state index >= 15 is 0 Å². The van der Waals surface area contributed by atoms with Gasteiger partial charge >= 0.3 is 5.97 Å². The van der Waals surface area contributed by atoms with E-state index in [-0.39, 0.29) is 18.3 Å². The predicted molar refractivity (Wildman–Crippen MR) is 115 cm³/mol. The molecule has 2 aromatic rings. The lowest BCUT2D eigenvalue weighted by Crippen LogP contribution is -2.38. The molecule has 3 aliphatic rings. The summed E-state index contributed by atoms with van der Waals surface area (Å²) in [6, 6.07) is 15.2. The summed E-state index contributed by atoms with van der Waals surface area (Å²) < 4.78 is 17.0. The van der Waals surface area contributed by atoms with Gasteiger partial charge in [0, 0.05) is 42.0 Å². The third-order valence-corrected chi connectivity index (χ3v) is 5.84. The minimum Gasteiger partial charge on any atom is -0.484 e. The first kappa shape index (κ1) is 19.8. The molecular weight excluding hydrogens is 396 g/mol. The fourth-order valence-electron chi connectivity index (χ4n) is 4.27. The molecular formula is C24H24N2O5. The van der Waals surface area contributed by atoms with Crippen LogP contribution in [0.15, 0.2) is 48.5 Å². The fourth-order valence-corrected chi connectivity index (χ4v) is 4.27. The number of para-hydroxylation sites is 1. The molecule has 7 nitrogen and oxygen atoms in total. The number of ether oxygens (including phenoxy) is 3. The second-order valence-electron chi connectivity index (χ2n) is 7.78. The molecule has 160 valence electrons. The van der Waals surface area contributed by atoms with Crippen LogP contribution >= 0.6 is 0 Å². The highest BCUT2D eigenvalue weighted by Gasteiger charge is 2.37. The number of rotatable bonds is 5. The van der Waals surface area contributed by atoms with Crippen LogP contribution in [0.4, 0.5) is 5.69 Å². The first-order chi connectivity index (χ1) is 15.2. The number of fused-ring (bicyclic) bond motifs is 2. The smallest absolute Gasteiger partial charge is 0.309 e. The number of nitrogens with one attached hydrogen (secondary N) is 1. The van der Waals surface area contributed by atoms with Gasteiger partial charge in [-0.05, 0) is 6.07 Å². The van der Waals surface area contributed by atoms with Crippen LogP contribution in [0.25, 0.3) is 11.3 Å². The summed E-state index contributed by atoms with van der Waals surface area (Å²) in [6.45, 7) is 4.19. The molecule has 1 atom stereocenters. The van der Waals surface area contributed by atoms with Crippen LogP contribution in [0.2, 0.25) is 0 Å². The number of benzene rings is 2. The highest BCUT2D eigenvalue weighted by atomic mass is 16.5. The van der Waals surface area contributed by atoms with E-state index in [1.165, 1.54) is 0 Å². The SMILES string of the molecule is O=C(CC1OC(=C2C(=O)Nc3ccccc32)c2ccccc21)OCCN1CCOCC1. The number of anilines is 1. The summed E-state index contributed by atoms with van der Waals surface area (Å²) >= 11 is 0. The zero-order chi connectivity index (χ0) is 21.2. The van der Waals surface area contributed by atoms with Crippen LogP contribution in [0, 0.1) is 0 Å². The molecule has 1 N–H and O–H groups in total. The Hall–Kier alpha value is -3.16. The van der Waals surface area contributed by atoms with E-state index in [2.05, 4.69) is 10.2 Å². The van der Waals surface area contributed by atoms with Crippen molar-refractivity contribution in [2.75, 3.05) is 44.8 Å². The Morgan fingerprint density at radius 1 is 1.06 bits per heavy atom. The summed E-state index contributed by atoms with van der Waals surface area (Å²) in [5.41, 5.74) is 3.82. The number of carbonyl (C=O) groups is 2. The molecule has 5 rings (SSSR count). The second-order valence-corrected chi connectivity index (χ2v) is 7.78. The third kappa shape index (κ3) is 3.94. The Bertz CT molecular complexity index is 1040. The molecule has 0 spiro atoms. The normalized spacial score (nSPS) is 22.5. The molecule has 3 heterocycles. The predicted octanol–water partition coefficient (Wildman–Crippen LogP) is 2.84.